The molecule has 9 heteroatoms. The fourth-order valence-corrected chi connectivity index (χ4v) is 5.63. The van der Waals surface area contributed by atoms with Gasteiger partial charge >= 0.3 is 5.97 Å². The highest BCUT2D eigenvalue weighted by Crippen LogP contribution is 2.60. The monoisotopic (exact) mass is 478 g/mol. The second kappa shape index (κ2) is 7.43. The molecule has 1 N–H and O–H groups in total. The van der Waals surface area contributed by atoms with Gasteiger partial charge in [-0.15, -0.1) is 0 Å². The summed E-state index contributed by atoms with van der Waals surface area (Å²) in [6.45, 7) is 3.28. The lowest BCUT2D eigenvalue weighted by molar-refractivity contribution is -0.150. The van der Waals surface area contributed by atoms with Crippen molar-refractivity contribution in [3.8, 4) is 6.07 Å². The van der Waals surface area contributed by atoms with Crippen LogP contribution in [-0.2, 0) is 15.0 Å². The van der Waals surface area contributed by atoms with E-state index < -0.39 is 52.3 Å². The first kappa shape index (κ1) is 22.5. The van der Waals surface area contributed by atoms with Crippen LogP contribution in [0.3, 0.4) is 0 Å². The van der Waals surface area contributed by atoms with Crippen molar-refractivity contribution in [1.82, 2.24) is 4.90 Å². The van der Waals surface area contributed by atoms with Gasteiger partial charge < -0.3 is 10.0 Å². The first-order chi connectivity index (χ1) is 15.0. The molecule has 0 aromatic heterocycles. The zero-order chi connectivity index (χ0) is 23.6. The molecule has 2 aromatic carbocycles. The average molecular weight is 479 g/mol. The minimum atomic E-state index is -1.90. The van der Waals surface area contributed by atoms with Crippen molar-refractivity contribution in [3.63, 3.8) is 0 Å². The number of amides is 1. The van der Waals surface area contributed by atoms with E-state index in [-0.39, 0.29) is 27.6 Å². The lowest BCUT2D eigenvalue weighted by Gasteiger charge is -2.35. The molecular formula is C23H18Cl2F2N2O3. The van der Waals surface area contributed by atoms with Crippen LogP contribution < -0.4 is 0 Å². The fourth-order valence-electron chi connectivity index (χ4n) is 5.29. The largest absolute Gasteiger partial charge is 0.480 e. The highest BCUT2D eigenvalue weighted by atomic mass is 35.5. The summed E-state index contributed by atoms with van der Waals surface area (Å²) >= 11 is 11.9. The lowest BCUT2D eigenvalue weighted by atomic mass is 9.63. The molecule has 2 aromatic rings. The molecular weight excluding hydrogens is 461 g/mol. The van der Waals surface area contributed by atoms with Crippen molar-refractivity contribution in [2.75, 3.05) is 0 Å². The van der Waals surface area contributed by atoms with Crippen LogP contribution in [0.15, 0.2) is 36.4 Å². The highest BCUT2D eigenvalue weighted by Gasteiger charge is 2.70. The molecule has 2 aliphatic rings. The quantitative estimate of drug-likeness (QED) is 0.679. The Hall–Kier alpha value is -2.69. The number of hydrogen-bond acceptors (Lipinski definition) is 3. The van der Waals surface area contributed by atoms with Crippen molar-refractivity contribution in [3.05, 3.63) is 69.2 Å². The van der Waals surface area contributed by atoms with Gasteiger partial charge in [0.2, 0.25) is 5.91 Å². The van der Waals surface area contributed by atoms with Gasteiger partial charge in [0.05, 0.1) is 17.1 Å². The van der Waals surface area contributed by atoms with Gasteiger partial charge in [-0.25, -0.2) is 13.6 Å². The van der Waals surface area contributed by atoms with E-state index in [1.165, 1.54) is 30.3 Å². The summed E-state index contributed by atoms with van der Waals surface area (Å²) in [4.78, 5) is 26.8. The van der Waals surface area contributed by atoms with Crippen molar-refractivity contribution in [2.45, 2.75) is 43.7 Å². The molecule has 0 saturated carbocycles. The Labute approximate surface area is 193 Å². The highest BCUT2D eigenvalue weighted by molar-refractivity contribution is 6.31. The van der Waals surface area contributed by atoms with E-state index in [1.54, 1.807) is 13.8 Å². The van der Waals surface area contributed by atoms with Gasteiger partial charge in [-0.05, 0) is 30.2 Å². The van der Waals surface area contributed by atoms with Crippen LogP contribution in [0.1, 0.15) is 37.3 Å². The Balaban J connectivity index is 2.11. The van der Waals surface area contributed by atoms with Crippen LogP contribution in [0.5, 0.6) is 0 Å². The van der Waals surface area contributed by atoms with Gasteiger partial charge in [0, 0.05) is 21.9 Å². The molecule has 2 saturated heterocycles. The Kier molecular flexibility index (Phi) is 5.22. The molecule has 0 bridgehead atoms. The predicted octanol–water partition coefficient (Wildman–Crippen LogP) is 4.91. The number of rotatable bonds is 3. The zero-order valence-electron chi connectivity index (χ0n) is 17.1. The number of carbonyl (C=O) groups excluding carboxylic acids is 1. The van der Waals surface area contributed by atoms with Crippen LogP contribution in [0.4, 0.5) is 8.78 Å². The summed E-state index contributed by atoms with van der Waals surface area (Å²) in [5, 5.41) is 20.5. The van der Waals surface area contributed by atoms with Crippen LogP contribution >= 0.6 is 23.2 Å². The zero-order valence-corrected chi connectivity index (χ0v) is 18.6. The third kappa shape index (κ3) is 2.93. The van der Waals surface area contributed by atoms with E-state index in [0.717, 1.165) is 11.0 Å². The predicted molar refractivity (Wildman–Crippen MR) is 113 cm³/mol. The molecule has 0 spiro atoms. The minimum absolute atomic E-state index is 0.0808. The fraction of sp³-hybridized carbons (Fsp3) is 0.348. The summed E-state index contributed by atoms with van der Waals surface area (Å²) in [5.74, 6) is -5.07. The van der Waals surface area contributed by atoms with Crippen molar-refractivity contribution >= 4 is 35.1 Å². The normalized spacial score (nSPS) is 28.5. The number of nitrogens with zero attached hydrogens (tertiary/aromatic N) is 2. The number of carboxylic acid groups (broad SMARTS) is 1. The molecule has 2 fully saturated rings. The summed E-state index contributed by atoms with van der Waals surface area (Å²) in [7, 11) is 0. The number of carboxylic acids is 1. The Bertz CT molecular complexity index is 1200. The van der Waals surface area contributed by atoms with Gasteiger partial charge in [-0.3, -0.25) is 4.79 Å². The first-order valence-corrected chi connectivity index (χ1v) is 10.6. The maximum Gasteiger partial charge on any atom is 0.327 e. The van der Waals surface area contributed by atoms with E-state index in [2.05, 4.69) is 6.07 Å². The summed E-state index contributed by atoms with van der Waals surface area (Å²) in [5.41, 5.74) is -3.19. The second-order valence-corrected chi connectivity index (χ2v) is 9.67. The van der Waals surface area contributed by atoms with Crippen molar-refractivity contribution in [1.29, 1.82) is 5.26 Å². The molecule has 166 valence electrons. The van der Waals surface area contributed by atoms with Gasteiger partial charge in [-0.1, -0.05) is 55.2 Å². The van der Waals surface area contributed by atoms with Crippen LogP contribution in [0.2, 0.25) is 10.0 Å². The molecule has 5 nitrogen and oxygen atoms in total. The SMILES string of the molecule is CC1(C)CC2N(C1=O)C(C(=O)O)C(c1cccc(Cl)c1F)C2(C#N)c1ccc(Cl)cc1F. The van der Waals surface area contributed by atoms with E-state index in [4.69, 9.17) is 23.2 Å². The van der Waals surface area contributed by atoms with Crippen LogP contribution in [0, 0.1) is 28.4 Å². The van der Waals surface area contributed by atoms with E-state index >= 15 is 8.78 Å². The van der Waals surface area contributed by atoms with Gasteiger partial charge in [-0.2, -0.15) is 5.26 Å². The number of halogens is 4. The standard InChI is InChI=1S/C23H18Cl2F2N2O3/c1-22(2)9-16-23(10-28,13-7-6-11(24)8-15(13)26)17(12-4-3-5-14(25)18(12)27)19(20(30)31)29(16)21(22)32/h3-8,16-17,19H,9H2,1-2H3,(H,30,31). The molecule has 32 heavy (non-hydrogen) atoms. The Morgan fingerprint density at radius 3 is 2.53 bits per heavy atom. The average Bonchev–Trinajstić information content (AvgIpc) is 3.12. The topological polar surface area (TPSA) is 81.4 Å². The number of hydrogen-bond donors (Lipinski definition) is 1. The summed E-state index contributed by atoms with van der Waals surface area (Å²) in [6, 6.07) is 7.24. The number of benzene rings is 2. The van der Waals surface area contributed by atoms with E-state index in [9.17, 15) is 20.0 Å². The number of nitriles is 1. The summed E-state index contributed by atoms with van der Waals surface area (Å²) < 4.78 is 30.5. The molecule has 4 atom stereocenters. The molecule has 4 unspecified atom stereocenters. The van der Waals surface area contributed by atoms with Gasteiger partial charge in [0.1, 0.15) is 23.1 Å². The van der Waals surface area contributed by atoms with E-state index in [0.29, 0.717) is 0 Å². The van der Waals surface area contributed by atoms with Crippen LogP contribution in [-0.4, -0.2) is 34.0 Å². The van der Waals surface area contributed by atoms with Crippen LogP contribution in [0.25, 0.3) is 0 Å². The van der Waals surface area contributed by atoms with Crippen molar-refractivity contribution in [2.24, 2.45) is 5.41 Å². The Morgan fingerprint density at radius 1 is 1.25 bits per heavy atom. The third-order valence-corrected chi connectivity index (χ3v) is 7.14. The molecule has 0 aliphatic carbocycles. The molecule has 4 rings (SSSR count). The van der Waals surface area contributed by atoms with E-state index in [1.807, 2.05) is 0 Å². The maximum atomic E-state index is 15.3. The first-order valence-electron chi connectivity index (χ1n) is 9.83. The lowest BCUT2D eigenvalue weighted by Crippen LogP contribution is -2.44. The maximum absolute atomic E-state index is 15.3. The van der Waals surface area contributed by atoms with Crippen molar-refractivity contribution < 1.29 is 23.5 Å². The Morgan fingerprint density at radius 2 is 1.94 bits per heavy atom. The molecule has 1 amide bonds. The number of carbonyl (C=O) groups is 2. The summed E-state index contributed by atoms with van der Waals surface area (Å²) in [6.07, 6.45) is 0.0872. The minimum Gasteiger partial charge on any atom is -0.480 e. The number of fused-ring (bicyclic) bond motifs is 1. The third-order valence-electron chi connectivity index (χ3n) is 6.62. The second-order valence-electron chi connectivity index (χ2n) is 8.83. The molecule has 0 radical (unpaired) electrons. The molecule has 2 aliphatic heterocycles. The van der Waals surface area contributed by atoms with Gasteiger partial charge in [0.25, 0.3) is 0 Å². The smallest absolute Gasteiger partial charge is 0.327 e. The van der Waals surface area contributed by atoms with Gasteiger partial charge in [0.15, 0.2) is 0 Å². The number of aliphatic carboxylic acids is 1. The molecule has 2 heterocycles.